The van der Waals surface area contributed by atoms with E-state index in [0.717, 1.165) is 0 Å². The average molecular weight is 361 g/mol. The van der Waals surface area contributed by atoms with Crippen molar-refractivity contribution in [2.24, 2.45) is 0 Å². The topological polar surface area (TPSA) is 0 Å². The van der Waals surface area contributed by atoms with Crippen molar-refractivity contribution in [2.75, 3.05) is 0 Å². The van der Waals surface area contributed by atoms with Gasteiger partial charge in [0, 0.05) is 21.1 Å². The molecule has 0 aliphatic heterocycles. The van der Waals surface area contributed by atoms with Gasteiger partial charge in [-0.05, 0) is 0 Å². The van der Waals surface area contributed by atoms with Gasteiger partial charge in [0.2, 0.25) is 0 Å². The van der Waals surface area contributed by atoms with Crippen LogP contribution in [0, 0.1) is 0 Å². The summed E-state index contributed by atoms with van der Waals surface area (Å²) in [4.78, 5) is 0. The molecule has 33 valence electrons. The van der Waals surface area contributed by atoms with Gasteiger partial charge in [-0.2, -0.15) is 0 Å². The molecule has 4 heteroatoms. The molecule has 0 fully saturated rings. The summed E-state index contributed by atoms with van der Waals surface area (Å²) in [5.41, 5.74) is 0. The van der Waals surface area contributed by atoms with E-state index >= 15 is 0 Å². The monoisotopic (exact) mass is 363 g/mol. The largest absolute Gasteiger partial charge is 0 e. The van der Waals surface area contributed by atoms with Gasteiger partial charge in [0.15, 0.2) is 0 Å². The second-order valence-electron chi connectivity index (χ2n) is 0. The average Bonchev–Trinajstić information content (AvgIpc) is 1.50. The van der Waals surface area contributed by atoms with Crippen LogP contribution >= 0.6 is 23.3 Å². The SMILES string of the molecule is SS.[CH3][Mo].[W]. The van der Waals surface area contributed by atoms with Gasteiger partial charge in [0.1, 0.15) is 0 Å². The van der Waals surface area contributed by atoms with Crippen molar-refractivity contribution in [3.63, 3.8) is 0 Å². The molecular formula is CH5MoS2W. The molecule has 0 aliphatic carbocycles. The first kappa shape index (κ1) is 15.7. The zero-order valence-corrected chi connectivity index (χ0v) is 9.44. The van der Waals surface area contributed by atoms with Gasteiger partial charge < -0.3 is 0 Å². The molecular weight excluding hydrogens is 356 g/mol. The van der Waals surface area contributed by atoms with Crippen LogP contribution in [-0.2, 0) is 40.9 Å². The summed E-state index contributed by atoms with van der Waals surface area (Å²) in [7, 11) is 0. The molecule has 0 amide bonds. The van der Waals surface area contributed by atoms with Crippen LogP contribution in [0.1, 0.15) is 0 Å². The van der Waals surface area contributed by atoms with E-state index < -0.39 is 0 Å². The smallest absolute Gasteiger partial charge is 0 e. The molecule has 0 nitrogen and oxygen atoms in total. The quantitative estimate of drug-likeness (QED) is 0.363. The van der Waals surface area contributed by atoms with Crippen molar-refractivity contribution in [3.8, 4) is 0 Å². The molecule has 0 spiro atoms. The van der Waals surface area contributed by atoms with Gasteiger partial charge in [-0.15, -0.1) is 23.3 Å². The number of rotatable bonds is 0. The van der Waals surface area contributed by atoms with Crippen LogP contribution in [0.25, 0.3) is 0 Å². The predicted octanol–water partition coefficient (Wildman–Crippen LogP) is 1.34. The molecule has 0 aromatic heterocycles. The Morgan fingerprint density at radius 2 is 1.20 bits per heavy atom. The molecule has 0 unspecified atom stereocenters. The number of thiol groups is 2. The Bertz CT molecular complexity index is 9.61. The Balaban J connectivity index is -0.0000000133. The Labute approximate surface area is 68.9 Å². The second kappa shape index (κ2) is 36.3. The minimum atomic E-state index is 0. The molecule has 0 saturated carbocycles. The van der Waals surface area contributed by atoms with Gasteiger partial charge in [-0.3, -0.25) is 0 Å². The molecule has 0 aromatic carbocycles. The zero-order valence-electron chi connectivity index (χ0n) is 2.71. The Morgan fingerprint density at radius 3 is 1.20 bits per heavy atom. The maximum Gasteiger partial charge on any atom is 0 e. The van der Waals surface area contributed by atoms with Gasteiger partial charge >= 0.3 is 25.1 Å². The maximum absolute atomic E-state index is 3.22. The summed E-state index contributed by atoms with van der Waals surface area (Å²) in [5, 5.41) is 2.01. The normalized spacial score (nSPS) is 2.20. The van der Waals surface area contributed by atoms with Gasteiger partial charge in [0.05, 0.1) is 0 Å². The fraction of sp³-hybridized carbons (Fsp3) is 1.00. The van der Waals surface area contributed by atoms with Crippen LogP contribution in [0.3, 0.4) is 0 Å². The van der Waals surface area contributed by atoms with Gasteiger partial charge in [-0.25, -0.2) is 0 Å². The van der Waals surface area contributed by atoms with E-state index in [9.17, 15) is 0 Å². The Hall–Kier alpha value is 2.08. The predicted molar refractivity (Wildman–Crippen MR) is 23.8 cm³/mol. The van der Waals surface area contributed by atoms with Gasteiger partial charge in [-0.1, -0.05) is 0 Å². The first-order valence-electron chi connectivity index (χ1n) is 0.608. The molecule has 0 radical (unpaired) electrons. The van der Waals surface area contributed by atoms with Gasteiger partial charge in [0.25, 0.3) is 0 Å². The van der Waals surface area contributed by atoms with Crippen molar-refractivity contribution in [1.29, 1.82) is 0 Å². The van der Waals surface area contributed by atoms with E-state index in [2.05, 4.69) is 23.3 Å². The van der Waals surface area contributed by atoms with Crippen LogP contribution in [0.4, 0.5) is 0 Å². The molecule has 0 saturated heterocycles. The first-order chi connectivity index (χ1) is 2.00. The van der Waals surface area contributed by atoms with Crippen LogP contribution in [0.5, 0.6) is 0 Å². The fourth-order valence-corrected chi connectivity index (χ4v) is 0. The third-order valence-electron chi connectivity index (χ3n) is 0. The molecule has 0 bridgehead atoms. The van der Waals surface area contributed by atoms with Crippen molar-refractivity contribution in [3.05, 3.63) is 0 Å². The summed E-state index contributed by atoms with van der Waals surface area (Å²) in [6.45, 7) is 0. The third kappa shape index (κ3) is 23.4. The summed E-state index contributed by atoms with van der Waals surface area (Å²) in [6.07, 6.45) is 0. The maximum atomic E-state index is 3.22. The molecule has 0 rings (SSSR count). The second-order valence-corrected chi connectivity index (χ2v) is 0. The molecule has 0 aliphatic rings. The van der Waals surface area contributed by atoms with E-state index in [0.29, 0.717) is 0 Å². The zero-order chi connectivity index (χ0) is 4.00. The summed E-state index contributed by atoms with van der Waals surface area (Å²) in [5.74, 6) is 0. The fourth-order valence-electron chi connectivity index (χ4n) is 0. The minimum Gasteiger partial charge on any atom is 0 e. The summed E-state index contributed by atoms with van der Waals surface area (Å²) < 4.78 is 0. The van der Waals surface area contributed by atoms with E-state index in [-0.39, 0.29) is 21.1 Å². The van der Waals surface area contributed by atoms with Crippen molar-refractivity contribution in [1.82, 2.24) is 0 Å². The number of hydrogen-bond donors (Lipinski definition) is 2. The minimum absolute atomic E-state index is 0. The van der Waals surface area contributed by atoms with Crippen LogP contribution in [0.15, 0.2) is 0 Å². The standard InChI is InChI=1S/CH3.Mo.H2S2.W/c;;1-2;/h1H3;;1-2H;. The van der Waals surface area contributed by atoms with Crippen molar-refractivity contribution >= 4 is 23.3 Å². The van der Waals surface area contributed by atoms with E-state index in [1.807, 2.05) is 25.1 Å². The molecule has 5 heavy (non-hydrogen) atoms. The Kier molecular flexibility index (Phi) is 114. The van der Waals surface area contributed by atoms with E-state index in [1.54, 1.807) is 0 Å². The van der Waals surface area contributed by atoms with Crippen LogP contribution in [0.2, 0.25) is 5.31 Å². The van der Waals surface area contributed by atoms with Crippen LogP contribution in [-0.4, -0.2) is 0 Å². The first-order valence-corrected chi connectivity index (χ1v) is 4.22. The van der Waals surface area contributed by atoms with E-state index in [4.69, 9.17) is 0 Å². The molecule has 0 heterocycles. The van der Waals surface area contributed by atoms with Crippen LogP contribution < -0.4 is 0 Å². The van der Waals surface area contributed by atoms with E-state index in [1.165, 1.54) is 0 Å². The third-order valence-corrected chi connectivity index (χ3v) is 0. The molecule has 0 aromatic rings. The summed E-state index contributed by atoms with van der Waals surface area (Å²) in [6, 6.07) is 0. The molecule has 0 atom stereocenters. The van der Waals surface area contributed by atoms with Crippen molar-refractivity contribution < 1.29 is 40.9 Å². The Morgan fingerprint density at radius 1 is 1.20 bits per heavy atom. The summed E-state index contributed by atoms with van der Waals surface area (Å²) >= 11 is 8.39. The number of hydrogen-bond acceptors (Lipinski definition) is 2. The molecule has 0 N–H and O–H groups in total. The van der Waals surface area contributed by atoms with Crippen molar-refractivity contribution in [2.45, 2.75) is 5.31 Å².